The zero-order valence-electron chi connectivity index (χ0n) is 22.2. The molecular formula is C30H31N5O5. The van der Waals surface area contributed by atoms with Gasteiger partial charge in [0.15, 0.2) is 5.92 Å². The van der Waals surface area contributed by atoms with Crippen molar-refractivity contribution in [2.24, 2.45) is 10.9 Å². The van der Waals surface area contributed by atoms with Crippen LogP contribution in [0.5, 0.6) is 0 Å². The third-order valence-electron chi connectivity index (χ3n) is 7.29. The van der Waals surface area contributed by atoms with Gasteiger partial charge in [-0.15, -0.1) is 0 Å². The van der Waals surface area contributed by atoms with Crippen LogP contribution in [0.25, 0.3) is 0 Å². The van der Waals surface area contributed by atoms with Crippen LogP contribution in [0, 0.1) is 16.0 Å². The minimum atomic E-state index is -1.19. The number of guanidine groups is 1. The number of ether oxygens (including phenoxy) is 1. The van der Waals surface area contributed by atoms with Gasteiger partial charge in [-0.25, -0.2) is 4.99 Å². The van der Waals surface area contributed by atoms with Gasteiger partial charge >= 0.3 is 5.97 Å². The van der Waals surface area contributed by atoms with Crippen molar-refractivity contribution in [1.82, 2.24) is 15.1 Å². The monoisotopic (exact) mass is 541 g/mol. The van der Waals surface area contributed by atoms with E-state index in [1.165, 1.54) is 35.4 Å². The highest BCUT2D eigenvalue weighted by atomic mass is 16.6. The summed E-state index contributed by atoms with van der Waals surface area (Å²) in [7, 11) is 0. The average Bonchev–Trinajstić information content (AvgIpc) is 2.98. The topological polar surface area (TPSA) is 117 Å². The molecule has 0 unspecified atom stereocenters. The fraction of sp³-hybridized carbons (Fsp3) is 0.300. The maximum absolute atomic E-state index is 13.2. The highest BCUT2D eigenvalue weighted by Crippen LogP contribution is 2.33. The first-order valence-electron chi connectivity index (χ1n) is 13.3. The van der Waals surface area contributed by atoms with Crippen molar-refractivity contribution in [3.8, 4) is 0 Å². The predicted octanol–water partition coefficient (Wildman–Crippen LogP) is 3.71. The second kappa shape index (κ2) is 12.1. The number of benzene rings is 3. The van der Waals surface area contributed by atoms with E-state index in [0.717, 1.165) is 13.1 Å². The molecule has 2 heterocycles. The molecule has 0 radical (unpaired) electrons. The molecule has 3 aromatic rings. The molecular weight excluding hydrogens is 510 g/mol. The van der Waals surface area contributed by atoms with Crippen molar-refractivity contribution in [2.75, 3.05) is 32.8 Å². The highest BCUT2D eigenvalue weighted by Gasteiger charge is 2.42. The van der Waals surface area contributed by atoms with E-state index in [2.05, 4.69) is 34.5 Å². The molecule has 0 saturated carbocycles. The summed E-state index contributed by atoms with van der Waals surface area (Å²) in [6, 6.07) is 25.8. The van der Waals surface area contributed by atoms with Crippen LogP contribution in [-0.2, 0) is 14.3 Å². The van der Waals surface area contributed by atoms with Crippen LogP contribution in [0.15, 0.2) is 89.9 Å². The van der Waals surface area contributed by atoms with Gasteiger partial charge in [0, 0.05) is 38.3 Å². The Morgan fingerprint density at radius 1 is 0.975 bits per heavy atom. The third-order valence-corrected chi connectivity index (χ3v) is 7.29. The van der Waals surface area contributed by atoms with E-state index in [9.17, 15) is 19.7 Å². The van der Waals surface area contributed by atoms with E-state index >= 15 is 0 Å². The lowest BCUT2D eigenvalue weighted by Crippen LogP contribution is -2.57. The Morgan fingerprint density at radius 2 is 1.55 bits per heavy atom. The van der Waals surface area contributed by atoms with Gasteiger partial charge in [-0.2, -0.15) is 0 Å². The summed E-state index contributed by atoms with van der Waals surface area (Å²) in [5.74, 6) is -1.97. The Bertz CT molecular complexity index is 1330. The summed E-state index contributed by atoms with van der Waals surface area (Å²) in [5.41, 5.74) is 2.87. The number of hydrogen-bond acceptors (Lipinski definition) is 8. The van der Waals surface area contributed by atoms with Gasteiger partial charge in [0.2, 0.25) is 11.9 Å². The Kier molecular flexibility index (Phi) is 8.16. The molecule has 40 heavy (non-hydrogen) atoms. The maximum Gasteiger partial charge on any atom is 0.321 e. The normalized spacial score (nSPS) is 19.6. The van der Waals surface area contributed by atoms with Crippen LogP contribution < -0.4 is 5.32 Å². The van der Waals surface area contributed by atoms with Crippen molar-refractivity contribution in [3.63, 3.8) is 0 Å². The second-order valence-electron chi connectivity index (χ2n) is 9.71. The summed E-state index contributed by atoms with van der Waals surface area (Å²) in [4.78, 5) is 45.9. The summed E-state index contributed by atoms with van der Waals surface area (Å²) >= 11 is 0. The van der Waals surface area contributed by atoms with Crippen molar-refractivity contribution >= 4 is 23.5 Å². The van der Waals surface area contributed by atoms with Crippen LogP contribution in [0.2, 0.25) is 0 Å². The number of rotatable bonds is 7. The lowest BCUT2D eigenvalue weighted by atomic mass is 9.91. The number of hydrogen-bond donors (Lipinski definition) is 1. The lowest BCUT2D eigenvalue weighted by molar-refractivity contribution is -0.384. The fourth-order valence-electron chi connectivity index (χ4n) is 5.34. The number of nitrogens with one attached hydrogen (secondary N) is 1. The minimum Gasteiger partial charge on any atom is -0.465 e. The molecule has 10 nitrogen and oxygen atoms in total. The molecule has 1 saturated heterocycles. The first-order chi connectivity index (χ1) is 19.5. The van der Waals surface area contributed by atoms with Crippen molar-refractivity contribution in [2.45, 2.75) is 19.0 Å². The molecule has 0 spiro atoms. The van der Waals surface area contributed by atoms with Gasteiger partial charge < -0.3 is 9.64 Å². The summed E-state index contributed by atoms with van der Waals surface area (Å²) < 4.78 is 5.17. The smallest absolute Gasteiger partial charge is 0.321 e. The number of esters is 1. The van der Waals surface area contributed by atoms with Crippen molar-refractivity contribution in [1.29, 1.82) is 0 Å². The molecule has 2 atom stereocenters. The van der Waals surface area contributed by atoms with Gasteiger partial charge in [-0.05, 0) is 23.6 Å². The lowest BCUT2D eigenvalue weighted by Gasteiger charge is -2.42. The Morgan fingerprint density at radius 3 is 2.08 bits per heavy atom. The summed E-state index contributed by atoms with van der Waals surface area (Å²) in [6.07, 6.45) is 0. The molecule has 0 aliphatic carbocycles. The van der Waals surface area contributed by atoms with Crippen molar-refractivity contribution in [3.05, 3.63) is 112 Å². The van der Waals surface area contributed by atoms with Gasteiger partial charge in [-0.3, -0.25) is 29.9 Å². The van der Waals surface area contributed by atoms with Crippen LogP contribution in [0.1, 0.15) is 35.7 Å². The van der Waals surface area contributed by atoms with Crippen molar-refractivity contribution < 1.29 is 19.2 Å². The number of amides is 1. The van der Waals surface area contributed by atoms with E-state index in [4.69, 9.17) is 9.73 Å². The summed E-state index contributed by atoms with van der Waals surface area (Å²) in [5, 5.41) is 14.0. The van der Waals surface area contributed by atoms with Gasteiger partial charge in [0.25, 0.3) is 5.69 Å². The zero-order chi connectivity index (χ0) is 28.1. The first kappa shape index (κ1) is 27.0. The standard InChI is InChI=1S/C30H31N5O5/c1-2-40-29(37)25-26(21-13-15-24(16-14-21)35(38)39)31-30(32-28(25)36)34-19-17-33(18-20-34)27(22-9-5-3-6-10-22)23-11-7-4-8-12-23/h3-16,25-27H,2,17-20H2,1H3,(H,31,32,36)/t25-,26-/m1/s1. The number of nitrogens with zero attached hydrogens (tertiary/aromatic N) is 4. The number of carbonyl (C=O) groups excluding carboxylic acids is 2. The Balaban J connectivity index is 1.39. The second-order valence-corrected chi connectivity index (χ2v) is 9.71. The van der Waals surface area contributed by atoms with Crippen LogP contribution >= 0.6 is 0 Å². The van der Waals surface area contributed by atoms with Crippen LogP contribution in [0.3, 0.4) is 0 Å². The fourth-order valence-corrected chi connectivity index (χ4v) is 5.34. The number of carbonyl (C=O) groups is 2. The molecule has 3 aromatic carbocycles. The maximum atomic E-state index is 13.2. The predicted molar refractivity (Wildman–Crippen MR) is 149 cm³/mol. The largest absolute Gasteiger partial charge is 0.465 e. The van der Waals surface area contributed by atoms with E-state index in [1.54, 1.807) is 6.92 Å². The molecule has 1 fully saturated rings. The molecule has 10 heteroatoms. The molecule has 1 amide bonds. The number of piperazine rings is 1. The highest BCUT2D eigenvalue weighted by molar-refractivity contribution is 6.08. The number of nitro groups is 1. The van der Waals surface area contributed by atoms with Gasteiger partial charge in [-0.1, -0.05) is 72.8 Å². The van der Waals surface area contributed by atoms with E-state index < -0.39 is 28.8 Å². The SMILES string of the molecule is CCOC(=O)[C@H]1C(=O)NC(N2CCN(C(c3ccccc3)c3ccccc3)CC2)=N[C@@H]1c1ccc([N+](=O)[O-])cc1. The van der Waals surface area contributed by atoms with Crippen LogP contribution in [0.4, 0.5) is 5.69 Å². The molecule has 206 valence electrons. The Labute approximate surface area is 232 Å². The van der Waals surface area contributed by atoms with E-state index in [0.29, 0.717) is 24.6 Å². The molecule has 0 aromatic heterocycles. The molecule has 2 aliphatic heterocycles. The number of non-ortho nitro benzene ring substituents is 1. The quantitative estimate of drug-likeness (QED) is 0.210. The van der Waals surface area contributed by atoms with Gasteiger partial charge in [0.1, 0.15) is 6.04 Å². The molecule has 1 N–H and O–H groups in total. The first-order valence-corrected chi connectivity index (χ1v) is 13.3. The van der Waals surface area contributed by atoms with E-state index in [1.807, 2.05) is 41.3 Å². The molecule has 5 rings (SSSR count). The minimum absolute atomic E-state index is 0.0802. The number of aliphatic imine (C=N–C) groups is 1. The Hall–Kier alpha value is -4.57. The van der Waals surface area contributed by atoms with E-state index in [-0.39, 0.29) is 18.3 Å². The molecule has 2 aliphatic rings. The zero-order valence-corrected chi connectivity index (χ0v) is 22.2. The van der Waals surface area contributed by atoms with Gasteiger partial charge in [0.05, 0.1) is 17.6 Å². The summed E-state index contributed by atoms with van der Waals surface area (Å²) in [6.45, 7) is 4.49. The molecule has 0 bridgehead atoms. The average molecular weight is 542 g/mol. The van der Waals surface area contributed by atoms with Crippen LogP contribution in [-0.4, -0.2) is 65.3 Å². The third kappa shape index (κ3) is 5.72. The number of nitro benzene ring substituents is 1.